The Bertz CT molecular complexity index is 2480. The van der Waals surface area contributed by atoms with Gasteiger partial charge in [-0.1, -0.05) is 39.3 Å². The minimum Gasteiger partial charge on any atom is -0.456 e. The number of carbonyl (C=O) groups is 2. The Balaban J connectivity index is 1.23. The van der Waals surface area contributed by atoms with Gasteiger partial charge in [-0.05, 0) is 96.7 Å². The van der Waals surface area contributed by atoms with Crippen LogP contribution in [-0.4, -0.2) is 95.2 Å². The highest BCUT2D eigenvalue weighted by atomic mass is 28.3. The molecule has 2 aliphatic heterocycles. The molecule has 0 radical (unpaired) electrons. The molecule has 2 atom stereocenters. The number of imidazole rings is 2. The predicted molar refractivity (Wildman–Crippen MR) is 250 cm³/mol. The normalized spacial score (nSPS) is 17.5. The Kier molecular flexibility index (Phi) is 13.9. The average molecular weight is 921 g/mol. The summed E-state index contributed by atoms with van der Waals surface area (Å²) in [4.78, 5) is 40.0. The molecule has 3 aromatic heterocycles. The molecule has 2 aliphatic rings. The molecule has 0 bridgehead atoms. The molecule has 17 heteroatoms. The number of ether oxygens (including phenoxy) is 4. The monoisotopic (exact) mass is 920 g/mol. The van der Waals surface area contributed by atoms with Crippen LogP contribution in [0.3, 0.4) is 0 Å². The molecule has 0 spiro atoms. The van der Waals surface area contributed by atoms with E-state index in [1.165, 1.54) is 12.1 Å². The Morgan fingerprint density at radius 1 is 0.734 bits per heavy atom. The number of amides is 2. The third kappa shape index (κ3) is 10.9. The number of carbonyl (C=O) groups excluding carboxylic acids is 2. The minimum absolute atomic E-state index is 0.142. The molecule has 5 heterocycles. The van der Waals surface area contributed by atoms with Gasteiger partial charge in [0, 0.05) is 54.6 Å². The van der Waals surface area contributed by atoms with Crippen LogP contribution in [0.1, 0.15) is 84.0 Å². The molecule has 0 aliphatic carbocycles. The van der Waals surface area contributed by atoms with E-state index in [1.54, 1.807) is 34.1 Å². The first kappa shape index (κ1) is 47.4. The van der Waals surface area contributed by atoms with Crippen LogP contribution in [0, 0.1) is 11.6 Å². The number of benzene rings is 2. The lowest BCUT2D eigenvalue weighted by Crippen LogP contribution is -2.37. The molecule has 5 aromatic rings. The first-order chi connectivity index (χ1) is 30.1. The van der Waals surface area contributed by atoms with E-state index in [0.29, 0.717) is 72.9 Å². The summed E-state index contributed by atoms with van der Waals surface area (Å²) in [6, 6.07) is 10.5. The fourth-order valence-electron chi connectivity index (χ4n) is 8.28. The predicted octanol–water partition coefficient (Wildman–Crippen LogP) is 12.0. The summed E-state index contributed by atoms with van der Waals surface area (Å²) >= 11 is 0. The molecule has 2 amide bonds. The zero-order valence-electron chi connectivity index (χ0n) is 39.5. The average Bonchev–Trinajstić information content (AvgIpc) is 4.03. The van der Waals surface area contributed by atoms with E-state index in [2.05, 4.69) is 39.3 Å². The second kappa shape index (κ2) is 18.7. The molecule has 2 aromatic carbocycles. The molecule has 1 unspecified atom stereocenters. The van der Waals surface area contributed by atoms with Gasteiger partial charge in [0.1, 0.15) is 53.9 Å². The van der Waals surface area contributed by atoms with Gasteiger partial charge in [0.15, 0.2) is 0 Å². The second-order valence-corrected chi connectivity index (χ2v) is 32.2. The van der Waals surface area contributed by atoms with Crippen LogP contribution in [0.25, 0.3) is 44.7 Å². The molecule has 7 rings (SSSR count). The lowest BCUT2D eigenvalue weighted by molar-refractivity contribution is 0.0205. The SMILES string of the molecule is CC(C)OC(=O)N1CCCC1c1nc2cc(-c3ccc(-c4cc5nc([C@@H]6CCCN6C(=O)OC(C)(C)C)n(COCC[Si](C)(C)C)c5cc4F)o3)c(F)cc2n1COCC[Si](C)(C)C. The molecule has 13 nitrogen and oxygen atoms in total. The summed E-state index contributed by atoms with van der Waals surface area (Å²) < 4.78 is 66.5. The maximum Gasteiger partial charge on any atom is 0.410 e. The molecular weight excluding hydrogens is 855 g/mol. The Morgan fingerprint density at radius 2 is 1.17 bits per heavy atom. The van der Waals surface area contributed by atoms with Crippen molar-refractivity contribution in [1.29, 1.82) is 0 Å². The lowest BCUT2D eigenvalue weighted by atomic mass is 10.1. The van der Waals surface area contributed by atoms with E-state index in [9.17, 15) is 9.59 Å². The van der Waals surface area contributed by atoms with Crippen molar-refractivity contribution in [3.63, 3.8) is 0 Å². The summed E-state index contributed by atoms with van der Waals surface area (Å²) in [6.45, 7) is 25.3. The fraction of sp³-hybridized carbons (Fsp3) is 0.574. The van der Waals surface area contributed by atoms with Crippen molar-refractivity contribution in [2.75, 3.05) is 26.3 Å². The van der Waals surface area contributed by atoms with Crippen LogP contribution in [-0.2, 0) is 32.4 Å². The van der Waals surface area contributed by atoms with Crippen molar-refractivity contribution in [2.45, 2.75) is 149 Å². The maximum absolute atomic E-state index is 16.4. The highest BCUT2D eigenvalue weighted by molar-refractivity contribution is 6.76. The van der Waals surface area contributed by atoms with Crippen LogP contribution in [0.4, 0.5) is 18.4 Å². The first-order valence-electron chi connectivity index (χ1n) is 22.7. The van der Waals surface area contributed by atoms with Gasteiger partial charge in [-0.15, -0.1) is 0 Å². The number of rotatable bonds is 15. The number of fused-ring (bicyclic) bond motifs is 2. The Hall–Kier alpha value is -4.59. The van der Waals surface area contributed by atoms with Crippen LogP contribution >= 0.6 is 0 Å². The van der Waals surface area contributed by atoms with Crippen molar-refractivity contribution in [3.05, 3.63) is 59.7 Å². The number of hydrogen-bond acceptors (Lipinski definition) is 9. The number of hydrogen-bond donors (Lipinski definition) is 0. The van der Waals surface area contributed by atoms with Crippen molar-refractivity contribution < 1.29 is 41.7 Å². The summed E-state index contributed by atoms with van der Waals surface area (Å²) in [5.41, 5.74) is 1.70. The highest BCUT2D eigenvalue weighted by Crippen LogP contribution is 2.40. The largest absolute Gasteiger partial charge is 0.456 e. The second-order valence-electron chi connectivity index (χ2n) is 20.9. The standard InChI is InChI=1S/C47H66F2N6O7Si2/c1-30(2)60-45(56)52-18-12-14-37(52)43-50-35-24-31(33(48)26-39(35)54(43)28-58-20-22-63(6,7)8)41-16-17-42(61-41)32-25-36-40(27-34(32)49)55(29-59-21-23-64(9,10)11)44(51-36)38-15-13-19-53(38)46(57)62-47(3,4)5/h16-17,24-27,30,37-38H,12-15,18-23,28-29H2,1-11H3/t37?,38-/m0/s1. The van der Waals surface area contributed by atoms with Gasteiger partial charge < -0.3 is 32.5 Å². The van der Waals surface area contributed by atoms with E-state index in [1.807, 2.05) is 43.8 Å². The molecule has 2 fully saturated rings. The zero-order chi connectivity index (χ0) is 46.3. The number of likely N-dealkylation sites (tertiary alicyclic amines) is 2. The van der Waals surface area contributed by atoms with E-state index in [-0.39, 0.29) is 48.3 Å². The minimum atomic E-state index is -1.38. The molecule has 0 saturated carbocycles. The van der Waals surface area contributed by atoms with Crippen molar-refractivity contribution in [3.8, 4) is 22.6 Å². The van der Waals surface area contributed by atoms with E-state index in [4.69, 9.17) is 33.3 Å². The summed E-state index contributed by atoms with van der Waals surface area (Å²) in [5.74, 6) is 0.478. The fourth-order valence-corrected chi connectivity index (χ4v) is 9.79. The zero-order valence-corrected chi connectivity index (χ0v) is 41.5. The van der Waals surface area contributed by atoms with Crippen molar-refractivity contribution >= 4 is 50.4 Å². The topological polar surface area (TPSA) is 126 Å². The third-order valence-corrected chi connectivity index (χ3v) is 15.0. The third-order valence-electron chi connectivity index (χ3n) is 11.6. The molecule has 348 valence electrons. The Labute approximate surface area is 377 Å². The van der Waals surface area contributed by atoms with Crippen molar-refractivity contribution in [2.24, 2.45) is 0 Å². The van der Waals surface area contributed by atoms with Gasteiger partial charge in [0.2, 0.25) is 0 Å². The summed E-state index contributed by atoms with van der Waals surface area (Å²) in [5, 5.41) is 0. The number of furan rings is 1. The van der Waals surface area contributed by atoms with Gasteiger partial charge in [0.25, 0.3) is 0 Å². The van der Waals surface area contributed by atoms with E-state index < -0.39 is 51.6 Å². The highest BCUT2D eigenvalue weighted by Gasteiger charge is 2.38. The van der Waals surface area contributed by atoms with Crippen LogP contribution < -0.4 is 0 Å². The van der Waals surface area contributed by atoms with Gasteiger partial charge in [-0.2, -0.15) is 0 Å². The van der Waals surface area contributed by atoms with E-state index >= 15 is 8.78 Å². The summed E-state index contributed by atoms with van der Waals surface area (Å²) in [6.07, 6.45) is 1.76. The molecule has 2 saturated heterocycles. The Morgan fingerprint density at radius 3 is 1.58 bits per heavy atom. The van der Waals surface area contributed by atoms with Gasteiger partial charge in [-0.3, -0.25) is 9.80 Å². The van der Waals surface area contributed by atoms with Gasteiger partial charge in [-0.25, -0.2) is 28.3 Å². The molecular formula is C47H66F2N6O7Si2. The van der Waals surface area contributed by atoms with Gasteiger partial charge in [0.05, 0.1) is 51.4 Å². The van der Waals surface area contributed by atoms with Crippen LogP contribution in [0.5, 0.6) is 0 Å². The molecule has 64 heavy (non-hydrogen) atoms. The van der Waals surface area contributed by atoms with Crippen LogP contribution in [0.2, 0.25) is 51.4 Å². The number of nitrogens with zero attached hydrogens (tertiary/aromatic N) is 6. The lowest BCUT2D eigenvalue weighted by Gasteiger charge is -2.28. The number of aromatic nitrogens is 4. The first-order valence-corrected chi connectivity index (χ1v) is 30.1. The molecule has 0 N–H and O–H groups in total. The maximum atomic E-state index is 16.4. The summed E-state index contributed by atoms with van der Waals surface area (Å²) in [7, 11) is -2.76. The van der Waals surface area contributed by atoms with Gasteiger partial charge >= 0.3 is 12.2 Å². The van der Waals surface area contributed by atoms with E-state index in [0.717, 1.165) is 24.9 Å². The smallest absolute Gasteiger partial charge is 0.410 e. The van der Waals surface area contributed by atoms with Crippen molar-refractivity contribution in [1.82, 2.24) is 28.9 Å². The van der Waals surface area contributed by atoms with Crippen LogP contribution in [0.15, 0.2) is 40.8 Å². The quantitative estimate of drug-likeness (QED) is 0.0745. The number of halogens is 2.